The number of unbranched alkanes of at least 4 members (excludes halogenated alkanes) is 1. The fraction of sp³-hybridized carbons (Fsp3) is 0.800. The Balaban J connectivity index is 1.83. The van der Waals surface area contributed by atoms with E-state index in [4.69, 9.17) is 0 Å². The molecule has 0 aliphatic heterocycles. The molecular formula is C10H16S. The molecule has 0 amide bonds. The fourth-order valence-corrected chi connectivity index (χ4v) is 1.34. The molecule has 0 unspecified atom stereocenters. The van der Waals surface area contributed by atoms with Gasteiger partial charge in [-0.25, -0.2) is 0 Å². The Morgan fingerprint density at radius 3 is 2.82 bits per heavy atom. The lowest BCUT2D eigenvalue weighted by molar-refractivity contribution is 0.681. The first-order chi connectivity index (χ1) is 5.43. The van der Waals surface area contributed by atoms with Crippen LogP contribution in [0.1, 0.15) is 32.1 Å². The maximum Gasteiger partial charge on any atom is 0.0544 e. The van der Waals surface area contributed by atoms with Crippen LogP contribution < -0.4 is 0 Å². The molecule has 1 aliphatic rings. The maximum absolute atomic E-state index is 3.20. The molecule has 0 radical (unpaired) electrons. The van der Waals surface area contributed by atoms with Crippen molar-refractivity contribution < 1.29 is 0 Å². The van der Waals surface area contributed by atoms with Crippen LogP contribution in [0.5, 0.6) is 0 Å². The zero-order valence-corrected chi connectivity index (χ0v) is 8.04. The molecule has 0 nitrogen and oxygen atoms in total. The van der Waals surface area contributed by atoms with Crippen LogP contribution in [0.15, 0.2) is 0 Å². The Morgan fingerprint density at radius 2 is 2.18 bits per heavy atom. The summed E-state index contributed by atoms with van der Waals surface area (Å²) in [5.41, 5.74) is 0. The second-order valence-electron chi connectivity index (χ2n) is 3.12. The minimum atomic E-state index is 1.00. The van der Waals surface area contributed by atoms with Crippen LogP contribution >= 0.6 is 11.8 Å². The van der Waals surface area contributed by atoms with Crippen LogP contribution in [0.3, 0.4) is 0 Å². The average Bonchev–Trinajstić information content (AvgIpc) is 2.80. The molecule has 0 aromatic heterocycles. The second kappa shape index (κ2) is 5.55. The van der Waals surface area contributed by atoms with E-state index in [1.54, 1.807) is 11.8 Å². The molecule has 0 aromatic carbocycles. The first-order valence-corrected chi connectivity index (χ1v) is 5.77. The summed E-state index contributed by atoms with van der Waals surface area (Å²) >= 11 is 1.80. The summed E-state index contributed by atoms with van der Waals surface area (Å²) in [6.07, 6.45) is 8.94. The number of hydrogen-bond donors (Lipinski definition) is 0. The normalized spacial score (nSPS) is 15.7. The van der Waals surface area contributed by atoms with E-state index in [1.165, 1.54) is 25.7 Å². The van der Waals surface area contributed by atoms with E-state index in [0.717, 1.165) is 18.1 Å². The van der Waals surface area contributed by atoms with Gasteiger partial charge in [0.25, 0.3) is 0 Å². The molecular weight excluding hydrogens is 152 g/mol. The summed E-state index contributed by atoms with van der Waals surface area (Å²) in [5.74, 6) is 8.43. The minimum Gasteiger partial charge on any atom is -0.152 e. The molecule has 1 saturated carbocycles. The van der Waals surface area contributed by atoms with E-state index in [-0.39, 0.29) is 0 Å². The third kappa shape index (κ3) is 5.21. The molecule has 62 valence electrons. The van der Waals surface area contributed by atoms with Gasteiger partial charge in [0.2, 0.25) is 0 Å². The predicted molar refractivity (Wildman–Crippen MR) is 52.7 cm³/mol. The second-order valence-corrected chi connectivity index (χ2v) is 3.99. The average molecular weight is 168 g/mol. The van der Waals surface area contributed by atoms with Gasteiger partial charge in [-0.15, -0.1) is 5.92 Å². The number of hydrogen-bond acceptors (Lipinski definition) is 1. The van der Waals surface area contributed by atoms with Gasteiger partial charge in [-0.05, 0) is 25.0 Å². The van der Waals surface area contributed by atoms with E-state index in [9.17, 15) is 0 Å². The summed E-state index contributed by atoms with van der Waals surface area (Å²) in [5, 5.41) is 0. The highest BCUT2D eigenvalue weighted by atomic mass is 32.2. The van der Waals surface area contributed by atoms with Crippen LogP contribution in [0, 0.1) is 17.8 Å². The van der Waals surface area contributed by atoms with Crippen molar-refractivity contribution in [3.63, 3.8) is 0 Å². The van der Waals surface area contributed by atoms with Crippen LogP contribution in [0.4, 0.5) is 0 Å². The zero-order valence-electron chi connectivity index (χ0n) is 7.23. The first kappa shape index (κ1) is 9.00. The van der Waals surface area contributed by atoms with Crippen molar-refractivity contribution in [3.8, 4) is 11.8 Å². The molecule has 1 heteroatoms. The van der Waals surface area contributed by atoms with Gasteiger partial charge in [0.05, 0.1) is 5.75 Å². The summed E-state index contributed by atoms with van der Waals surface area (Å²) in [4.78, 5) is 0. The van der Waals surface area contributed by atoms with E-state index in [0.29, 0.717) is 0 Å². The Hall–Kier alpha value is -0.0900. The van der Waals surface area contributed by atoms with Crippen molar-refractivity contribution >= 4 is 11.8 Å². The van der Waals surface area contributed by atoms with Crippen LogP contribution in [-0.2, 0) is 0 Å². The standard InChI is InChI=1S/C10H16S/c1-11-9-5-3-2-4-6-10-7-8-10/h10H,2,4,6-9H2,1H3. The highest BCUT2D eigenvalue weighted by Crippen LogP contribution is 2.33. The molecule has 0 saturated heterocycles. The molecule has 0 spiro atoms. The lowest BCUT2D eigenvalue weighted by Crippen LogP contribution is -1.76. The van der Waals surface area contributed by atoms with Gasteiger partial charge < -0.3 is 0 Å². The van der Waals surface area contributed by atoms with Gasteiger partial charge in [-0.3, -0.25) is 0 Å². The van der Waals surface area contributed by atoms with E-state index in [1.807, 2.05) is 0 Å². The third-order valence-corrected chi connectivity index (χ3v) is 2.39. The quantitative estimate of drug-likeness (QED) is 0.459. The fourth-order valence-electron chi connectivity index (χ4n) is 1.10. The summed E-state index contributed by atoms with van der Waals surface area (Å²) < 4.78 is 0. The predicted octanol–water partition coefficient (Wildman–Crippen LogP) is 2.93. The molecule has 1 fully saturated rings. The van der Waals surface area contributed by atoms with Crippen molar-refractivity contribution in [3.05, 3.63) is 0 Å². The lowest BCUT2D eigenvalue weighted by atomic mass is 10.2. The molecule has 0 heterocycles. The Morgan fingerprint density at radius 1 is 1.36 bits per heavy atom. The minimum absolute atomic E-state index is 1.00. The van der Waals surface area contributed by atoms with Gasteiger partial charge in [-0.1, -0.05) is 18.8 Å². The molecule has 1 aliphatic carbocycles. The molecule has 1 rings (SSSR count). The molecule has 0 bridgehead atoms. The van der Waals surface area contributed by atoms with Crippen LogP contribution in [0.2, 0.25) is 0 Å². The van der Waals surface area contributed by atoms with Gasteiger partial charge >= 0.3 is 0 Å². The number of thioether (sulfide) groups is 1. The number of rotatable bonds is 4. The Labute approximate surface area is 74.1 Å². The van der Waals surface area contributed by atoms with Crippen LogP contribution in [-0.4, -0.2) is 12.0 Å². The largest absolute Gasteiger partial charge is 0.152 e. The summed E-state index contributed by atoms with van der Waals surface area (Å²) in [7, 11) is 0. The van der Waals surface area contributed by atoms with Crippen molar-refractivity contribution in [2.75, 3.05) is 12.0 Å². The van der Waals surface area contributed by atoms with Crippen molar-refractivity contribution in [1.29, 1.82) is 0 Å². The zero-order chi connectivity index (χ0) is 7.94. The van der Waals surface area contributed by atoms with E-state index in [2.05, 4.69) is 18.1 Å². The molecule has 11 heavy (non-hydrogen) atoms. The highest BCUT2D eigenvalue weighted by Gasteiger charge is 2.19. The van der Waals surface area contributed by atoms with Gasteiger partial charge in [0.15, 0.2) is 0 Å². The molecule has 0 atom stereocenters. The lowest BCUT2D eigenvalue weighted by Gasteiger charge is -1.89. The molecule has 0 aromatic rings. The monoisotopic (exact) mass is 168 g/mol. The topological polar surface area (TPSA) is 0 Å². The smallest absolute Gasteiger partial charge is 0.0544 e. The summed E-state index contributed by atoms with van der Waals surface area (Å²) in [6.45, 7) is 0. The maximum atomic E-state index is 3.20. The van der Waals surface area contributed by atoms with E-state index >= 15 is 0 Å². The third-order valence-electron chi connectivity index (χ3n) is 1.95. The Kier molecular flexibility index (Phi) is 4.54. The van der Waals surface area contributed by atoms with Gasteiger partial charge in [0, 0.05) is 6.42 Å². The van der Waals surface area contributed by atoms with Crippen molar-refractivity contribution in [1.82, 2.24) is 0 Å². The van der Waals surface area contributed by atoms with Crippen molar-refractivity contribution in [2.45, 2.75) is 32.1 Å². The first-order valence-electron chi connectivity index (χ1n) is 4.38. The van der Waals surface area contributed by atoms with Crippen LogP contribution in [0.25, 0.3) is 0 Å². The summed E-state index contributed by atoms with van der Waals surface area (Å²) in [6, 6.07) is 0. The highest BCUT2D eigenvalue weighted by molar-refractivity contribution is 7.98. The molecule has 0 N–H and O–H groups in total. The SMILES string of the molecule is CSCC#CCCCC1CC1. The van der Waals surface area contributed by atoms with E-state index < -0.39 is 0 Å². The van der Waals surface area contributed by atoms with Crippen molar-refractivity contribution in [2.24, 2.45) is 5.92 Å². The Bertz CT molecular complexity index is 148. The van der Waals surface area contributed by atoms with Gasteiger partial charge in [-0.2, -0.15) is 11.8 Å². The van der Waals surface area contributed by atoms with Gasteiger partial charge in [0.1, 0.15) is 0 Å².